The second-order valence-electron chi connectivity index (χ2n) is 7.04. The van der Waals surface area contributed by atoms with E-state index in [-0.39, 0.29) is 16.6 Å². The lowest BCUT2D eigenvalue weighted by Gasteiger charge is -2.30. The molecular weight excluding hydrogens is 256 g/mol. The highest BCUT2D eigenvalue weighted by Crippen LogP contribution is 2.53. The first-order valence-corrected chi connectivity index (χ1v) is 7.57. The van der Waals surface area contributed by atoms with Crippen molar-refractivity contribution in [3.05, 3.63) is 70.8 Å². The second-order valence-corrected chi connectivity index (χ2v) is 7.04. The van der Waals surface area contributed by atoms with Crippen molar-refractivity contribution in [1.29, 1.82) is 0 Å². The van der Waals surface area contributed by atoms with Crippen molar-refractivity contribution < 1.29 is 4.79 Å². The zero-order chi connectivity index (χ0) is 15.3. The van der Waals surface area contributed by atoms with Crippen molar-refractivity contribution >= 4 is 5.78 Å². The van der Waals surface area contributed by atoms with Crippen LogP contribution in [0.15, 0.2) is 48.5 Å². The quantitative estimate of drug-likeness (QED) is 0.716. The van der Waals surface area contributed by atoms with E-state index < -0.39 is 0 Å². The van der Waals surface area contributed by atoms with Crippen LogP contribution in [0.1, 0.15) is 61.2 Å². The molecule has 3 rings (SSSR count). The fourth-order valence-electron chi connectivity index (χ4n) is 4.14. The van der Waals surface area contributed by atoms with E-state index in [1.165, 1.54) is 11.1 Å². The maximum absolute atomic E-state index is 12.0. The first kappa shape index (κ1) is 14.1. The van der Waals surface area contributed by atoms with Crippen LogP contribution in [0.4, 0.5) is 0 Å². The van der Waals surface area contributed by atoms with Crippen LogP contribution >= 0.6 is 0 Å². The minimum Gasteiger partial charge on any atom is -0.295 e. The zero-order valence-electron chi connectivity index (χ0n) is 13.2. The molecule has 0 amide bonds. The van der Waals surface area contributed by atoms with Crippen LogP contribution in [0.3, 0.4) is 0 Å². The van der Waals surface area contributed by atoms with Crippen LogP contribution in [-0.4, -0.2) is 5.78 Å². The van der Waals surface area contributed by atoms with Crippen molar-refractivity contribution in [1.82, 2.24) is 0 Å². The number of rotatable bonds is 2. The zero-order valence-corrected chi connectivity index (χ0v) is 13.2. The minimum absolute atomic E-state index is 0.0949. The van der Waals surface area contributed by atoms with Gasteiger partial charge in [0.15, 0.2) is 5.78 Å². The Balaban J connectivity index is 2.27. The summed E-state index contributed by atoms with van der Waals surface area (Å²) >= 11 is 0. The average molecular weight is 278 g/mol. The molecule has 1 nitrogen and oxygen atoms in total. The lowest BCUT2D eigenvalue weighted by atomic mass is 9.73. The monoisotopic (exact) mass is 278 g/mol. The van der Waals surface area contributed by atoms with Gasteiger partial charge >= 0.3 is 0 Å². The Morgan fingerprint density at radius 2 is 1.38 bits per heavy atom. The number of ketones is 1. The van der Waals surface area contributed by atoms with Gasteiger partial charge in [-0.2, -0.15) is 0 Å². The smallest absolute Gasteiger partial charge is 0.160 e. The molecule has 108 valence electrons. The van der Waals surface area contributed by atoms with Crippen LogP contribution in [0.25, 0.3) is 0 Å². The molecule has 0 saturated heterocycles. The molecule has 0 N–H and O–H groups in total. The van der Waals surface area contributed by atoms with E-state index in [4.69, 9.17) is 0 Å². The molecule has 2 aromatic carbocycles. The van der Waals surface area contributed by atoms with Crippen LogP contribution in [0.2, 0.25) is 0 Å². The number of Topliss-reactive ketones (excluding diaryl/α,β-unsaturated/α-hetero) is 1. The first-order chi connectivity index (χ1) is 9.86. The van der Waals surface area contributed by atoms with Gasteiger partial charge in [-0.25, -0.2) is 0 Å². The molecule has 0 bridgehead atoms. The van der Waals surface area contributed by atoms with Gasteiger partial charge in [0.25, 0.3) is 0 Å². The number of hydrogen-bond donors (Lipinski definition) is 0. The minimum atomic E-state index is -0.0949. The van der Waals surface area contributed by atoms with E-state index >= 15 is 0 Å². The predicted octanol–water partition coefficient (Wildman–Crippen LogP) is 4.88. The summed E-state index contributed by atoms with van der Waals surface area (Å²) in [7, 11) is 0. The summed E-state index contributed by atoms with van der Waals surface area (Å²) in [6, 6.07) is 16.7. The Morgan fingerprint density at radius 1 is 0.857 bits per heavy atom. The van der Waals surface area contributed by atoms with E-state index in [1.54, 1.807) is 6.92 Å². The molecule has 1 unspecified atom stereocenters. The van der Waals surface area contributed by atoms with Crippen LogP contribution in [-0.2, 0) is 10.8 Å². The van der Waals surface area contributed by atoms with Crippen LogP contribution in [0, 0.1) is 0 Å². The lowest BCUT2D eigenvalue weighted by molar-refractivity contribution is 0.101. The van der Waals surface area contributed by atoms with Gasteiger partial charge in [0.05, 0.1) is 0 Å². The van der Waals surface area contributed by atoms with Gasteiger partial charge in [0.1, 0.15) is 0 Å². The van der Waals surface area contributed by atoms with Crippen molar-refractivity contribution in [2.24, 2.45) is 0 Å². The Bertz CT molecular complexity index is 711. The van der Waals surface area contributed by atoms with E-state index in [2.05, 4.69) is 51.1 Å². The molecular formula is C20H22O. The summed E-state index contributed by atoms with van der Waals surface area (Å²) in [6.45, 7) is 8.54. The molecule has 2 aromatic rings. The highest BCUT2D eigenvalue weighted by Gasteiger charge is 2.46. The molecule has 0 heterocycles. The average Bonchev–Trinajstić information content (AvgIpc) is 2.67. The standard InChI is InChI=1S/C20H22O/c1-14(21)15-9-5-6-10-16(15)20(4)13-19(2,3)17-11-7-8-12-18(17)20/h5-12H,13H2,1-4H3. The summed E-state index contributed by atoms with van der Waals surface area (Å²) in [5, 5.41) is 0. The highest BCUT2D eigenvalue weighted by molar-refractivity contribution is 5.96. The normalized spacial score (nSPS) is 22.9. The first-order valence-electron chi connectivity index (χ1n) is 7.57. The lowest BCUT2D eigenvalue weighted by Crippen LogP contribution is -2.25. The molecule has 0 saturated carbocycles. The predicted molar refractivity (Wildman–Crippen MR) is 87.0 cm³/mol. The molecule has 1 heteroatoms. The van der Waals surface area contributed by atoms with Crippen molar-refractivity contribution in [2.45, 2.75) is 44.9 Å². The van der Waals surface area contributed by atoms with Crippen molar-refractivity contribution in [3.63, 3.8) is 0 Å². The van der Waals surface area contributed by atoms with Gasteiger partial charge in [0.2, 0.25) is 0 Å². The maximum atomic E-state index is 12.0. The highest BCUT2D eigenvalue weighted by atomic mass is 16.1. The summed E-state index contributed by atoms with van der Waals surface area (Å²) in [6.07, 6.45) is 1.03. The van der Waals surface area contributed by atoms with E-state index in [0.717, 1.165) is 17.5 Å². The molecule has 0 fully saturated rings. The fourth-order valence-corrected chi connectivity index (χ4v) is 4.14. The Morgan fingerprint density at radius 3 is 2.00 bits per heavy atom. The largest absolute Gasteiger partial charge is 0.295 e. The van der Waals surface area contributed by atoms with Gasteiger partial charge in [-0.3, -0.25) is 4.79 Å². The third-order valence-corrected chi connectivity index (χ3v) is 4.95. The third kappa shape index (κ3) is 2.03. The summed E-state index contributed by atoms with van der Waals surface area (Å²) in [5.74, 6) is 0.147. The van der Waals surface area contributed by atoms with Gasteiger partial charge in [-0.1, -0.05) is 69.3 Å². The maximum Gasteiger partial charge on any atom is 0.160 e. The van der Waals surface area contributed by atoms with Gasteiger partial charge in [-0.15, -0.1) is 0 Å². The second kappa shape index (κ2) is 4.56. The molecule has 0 aliphatic heterocycles. The molecule has 0 aromatic heterocycles. The SMILES string of the molecule is CC(=O)c1ccccc1C1(C)CC(C)(C)c2ccccc21. The molecule has 0 spiro atoms. The Labute approximate surface area is 127 Å². The fraction of sp³-hybridized carbons (Fsp3) is 0.350. The molecule has 21 heavy (non-hydrogen) atoms. The van der Waals surface area contributed by atoms with Crippen LogP contribution < -0.4 is 0 Å². The third-order valence-electron chi connectivity index (χ3n) is 4.95. The number of hydrogen-bond acceptors (Lipinski definition) is 1. The number of fused-ring (bicyclic) bond motifs is 1. The summed E-state index contributed by atoms with van der Waals surface area (Å²) < 4.78 is 0. The Hall–Kier alpha value is -1.89. The number of carbonyl (C=O) groups is 1. The van der Waals surface area contributed by atoms with Gasteiger partial charge in [-0.05, 0) is 35.4 Å². The van der Waals surface area contributed by atoms with E-state index in [1.807, 2.05) is 18.2 Å². The van der Waals surface area contributed by atoms with Gasteiger partial charge < -0.3 is 0 Å². The molecule has 1 aliphatic carbocycles. The van der Waals surface area contributed by atoms with Crippen molar-refractivity contribution in [3.8, 4) is 0 Å². The van der Waals surface area contributed by atoms with Gasteiger partial charge in [0, 0.05) is 11.0 Å². The summed E-state index contributed by atoms with van der Waals surface area (Å²) in [5.41, 5.74) is 4.83. The summed E-state index contributed by atoms with van der Waals surface area (Å²) in [4.78, 5) is 12.0. The molecule has 1 aliphatic rings. The van der Waals surface area contributed by atoms with Crippen LogP contribution in [0.5, 0.6) is 0 Å². The number of carbonyl (C=O) groups excluding carboxylic acids is 1. The Kier molecular flexibility index (Phi) is 3.05. The topological polar surface area (TPSA) is 17.1 Å². The molecule has 1 atom stereocenters. The van der Waals surface area contributed by atoms with E-state index in [0.29, 0.717) is 0 Å². The van der Waals surface area contributed by atoms with E-state index in [9.17, 15) is 4.79 Å². The number of benzene rings is 2. The molecule has 0 radical (unpaired) electrons. The van der Waals surface area contributed by atoms with Crippen molar-refractivity contribution in [2.75, 3.05) is 0 Å².